The third-order valence-electron chi connectivity index (χ3n) is 3.36. The number of hydrogen-bond acceptors (Lipinski definition) is 4. The summed E-state index contributed by atoms with van der Waals surface area (Å²) in [6.07, 6.45) is 2.14. The van der Waals surface area contributed by atoms with Crippen LogP contribution in [0.4, 0.5) is 0 Å². The van der Waals surface area contributed by atoms with E-state index in [9.17, 15) is 4.79 Å². The Morgan fingerprint density at radius 1 is 1.59 bits per heavy atom. The quantitative estimate of drug-likeness (QED) is 0.812. The van der Waals surface area contributed by atoms with Crippen molar-refractivity contribution in [1.29, 1.82) is 0 Å². The van der Waals surface area contributed by atoms with E-state index in [2.05, 4.69) is 17.9 Å². The van der Waals surface area contributed by atoms with Gasteiger partial charge >= 0.3 is 0 Å². The molecule has 1 aliphatic rings. The summed E-state index contributed by atoms with van der Waals surface area (Å²) in [4.78, 5) is 16.5. The monoisotopic (exact) mass is 252 g/mol. The lowest BCUT2D eigenvalue weighted by Gasteiger charge is -2.13. The summed E-state index contributed by atoms with van der Waals surface area (Å²) in [5, 5.41) is 0. The van der Waals surface area contributed by atoms with E-state index in [1.165, 1.54) is 4.88 Å². The first-order chi connectivity index (χ1) is 8.22. The Labute approximate surface area is 107 Å². The second-order valence-electron chi connectivity index (χ2n) is 4.67. The normalized spacial score (nSPS) is 20.9. The van der Waals surface area contributed by atoms with Crippen LogP contribution in [-0.4, -0.2) is 36.9 Å². The third-order valence-corrected chi connectivity index (χ3v) is 4.63. The molecule has 1 atom stereocenters. The van der Waals surface area contributed by atoms with Gasteiger partial charge in [-0.05, 0) is 44.0 Å². The van der Waals surface area contributed by atoms with Gasteiger partial charge in [0.05, 0.1) is 11.4 Å². The molecule has 1 unspecified atom stereocenters. The Bertz CT molecular complexity index is 389. The van der Waals surface area contributed by atoms with Gasteiger partial charge in [-0.3, -0.25) is 9.69 Å². The molecular weight excluding hydrogens is 232 g/mol. The van der Waals surface area contributed by atoms with Gasteiger partial charge in [-0.2, -0.15) is 0 Å². The molecular formula is C13H20N2OS. The highest BCUT2D eigenvalue weighted by Crippen LogP contribution is 2.20. The van der Waals surface area contributed by atoms with E-state index in [0.29, 0.717) is 12.5 Å². The first-order valence-electron chi connectivity index (χ1n) is 6.27. The second kappa shape index (κ2) is 5.76. The fourth-order valence-corrected chi connectivity index (χ4v) is 3.13. The van der Waals surface area contributed by atoms with Crippen LogP contribution in [0.5, 0.6) is 0 Å². The molecule has 0 aromatic carbocycles. The van der Waals surface area contributed by atoms with Gasteiger partial charge in [0.15, 0.2) is 5.78 Å². The molecule has 0 radical (unpaired) electrons. The molecule has 0 spiro atoms. The van der Waals surface area contributed by atoms with Gasteiger partial charge in [-0.1, -0.05) is 6.92 Å². The van der Waals surface area contributed by atoms with E-state index in [-0.39, 0.29) is 5.78 Å². The summed E-state index contributed by atoms with van der Waals surface area (Å²) in [7, 11) is 0. The fraction of sp³-hybridized carbons (Fsp3) is 0.615. The van der Waals surface area contributed by atoms with Gasteiger partial charge in [0, 0.05) is 11.4 Å². The second-order valence-corrected chi connectivity index (χ2v) is 5.84. The number of Topliss-reactive ketones (excluding diaryl/α,β-unsaturated/α-hetero) is 1. The molecule has 1 fully saturated rings. The van der Waals surface area contributed by atoms with E-state index < -0.39 is 0 Å². The Morgan fingerprint density at radius 2 is 2.41 bits per heavy atom. The lowest BCUT2D eigenvalue weighted by molar-refractivity contribution is 0.0947. The number of aryl methyl sites for hydroxylation is 1. The van der Waals surface area contributed by atoms with Gasteiger partial charge in [0.2, 0.25) is 0 Å². The van der Waals surface area contributed by atoms with E-state index in [1.54, 1.807) is 11.3 Å². The van der Waals surface area contributed by atoms with Gasteiger partial charge in [0.1, 0.15) is 0 Å². The minimum atomic E-state index is 0.257. The highest BCUT2D eigenvalue weighted by molar-refractivity contribution is 7.14. The molecule has 2 rings (SSSR count). The predicted molar refractivity (Wildman–Crippen MR) is 71.6 cm³/mol. The molecule has 2 N–H and O–H groups in total. The molecule has 17 heavy (non-hydrogen) atoms. The largest absolute Gasteiger partial charge is 0.330 e. The summed E-state index contributed by atoms with van der Waals surface area (Å²) >= 11 is 1.63. The smallest absolute Gasteiger partial charge is 0.186 e. The Kier molecular flexibility index (Phi) is 4.31. The number of carbonyl (C=O) groups excluding carboxylic acids is 1. The minimum absolute atomic E-state index is 0.257. The number of likely N-dealkylation sites (tertiary alicyclic amines) is 1. The Balaban J connectivity index is 1.89. The molecule has 2 heterocycles. The average Bonchev–Trinajstić information content (AvgIpc) is 2.96. The summed E-state index contributed by atoms with van der Waals surface area (Å²) in [6.45, 7) is 5.41. The van der Waals surface area contributed by atoms with Crippen LogP contribution in [0.3, 0.4) is 0 Å². The summed E-state index contributed by atoms with van der Waals surface area (Å²) < 4.78 is 0. The van der Waals surface area contributed by atoms with Crippen molar-refractivity contribution < 1.29 is 4.79 Å². The van der Waals surface area contributed by atoms with Crippen LogP contribution in [-0.2, 0) is 6.42 Å². The third kappa shape index (κ3) is 3.15. The van der Waals surface area contributed by atoms with E-state index in [4.69, 9.17) is 5.73 Å². The van der Waals surface area contributed by atoms with Crippen molar-refractivity contribution >= 4 is 17.1 Å². The zero-order valence-corrected chi connectivity index (χ0v) is 11.1. The maximum absolute atomic E-state index is 12.1. The number of rotatable bonds is 5. The van der Waals surface area contributed by atoms with Crippen molar-refractivity contribution in [3.63, 3.8) is 0 Å². The van der Waals surface area contributed by atoms with Crippen molar-refractivity contribution in [2.75, 3.05) is 26.2 Å². The molecule has 1 aromatic heterocycles. The van der Waals surface area contributed by atoms with E-state index in [0.717, 1.165) is 37.4 Å². The Morgan fingerprint density at radius 3 is 3.00 bits per heavy atom. The van der Waals surface area contributed by atoms with Crippen LogP contribution < -0.4 is 5.73 Å². The summed E-state index contributed by atoms with van der Waals surface area (Å²) in [6, 6.07) is 4.02. The summed E-state index contributed by atoms with van der Waals surface area (Å²) in [5.41, 5.74) is 5.65. The molecule has 1 aromatic rings. The lowest BCUT2D eigenvalue weighted by atomic mass is 10.1. The number of hydrogen-bond donors (Lipinski definition) is 1. The molecule has 1 saturated heterocycles. The van der Waals surface area contributed by atoms with Crippen LogP contribution in [0, 0.1) is 5.92 Å². The van der Waals surface area contributed by atoms with E-state index >= 15 is 0 Å². The number of nitrogens with two attached hydrogens (primary N) is 1. The lowest BCUT2D eigenvalue weighted by Crippen LogP contribution is -2.28. The standard InChI is InChI=1S/C13H20N2OS/c1-2-11-3-4-13(17-11)12(16)9-15-6-5-10(7-14)8-15/h3-4,10H,2,5-9,14H2,1H3. The predicted octanol–water partition coefficient (Wildman–Crippen LogP) is 1.77. The molecule has 0 bridgehead atoms. The maximum Gasteiger partial charge on any atom is 0.186 e. The van der Waals surface area contributed by atoms with E-state index in [1.807, 2.05) is 6.07 Å². The number of carbonyl (C=O) groups is 1. The molecule has 0 amide bonds. The van der Waals surface area contributed by atoms with Crippen molar-refractivity contribution in [2.45, 2.75) is 19.8 Å². The molecule has 94 valence electrons. The minimum Gasteiger partial charge on any atom is -0.330 e. The first-order valence-corrected chi connectivity index (χ1v) is 7.09. The van der Waals surface area contributed by atoms with Gasteiger partial charge in [0.25, 0.3) is 0 Å². The molecule has 0 aliphatic carbocycles. The number of nitrogens with zero attached hydrogens (tertiary/aromatic N) is 1. The summed E-state index contributed by atoms with van der Waals surface area (Å²) in [5.74, 6) is 0.838. The zero-order valence-electron chi connectivity index (χ0n) is 10.3. The molecule has 3 nitrogen and oxygen atoms in total. The van der Waals surface area contributed by atoms with Crippen LogP contribution in [0.15, 0.2) is 12.1 Å². The highest BCUT2D eigenvalue weighted by atomic mass is 32.1. The fourth-order valence-electron chi connectivity index (χ4n) is 2.25. The van der Waals surface area contributed by atoms with Crippen molar-refractivity contribution in [1.82, 2.24) is 4.90 Å². The highest BCUT2D eigenvalue weighted by Gasteiger charge is 2.23. The van der Waals surface area contributed by atoms with Crippen molar-refractivity contribution in [3.8, 4) is 0 Å². The SMILES string of the molecule is CCc1ccc(C(=O)CN2CCC(CN)C2)s1. The topological polar surface area (TPSA) is 46.3 Å². The van der Waals surface area contributed by atoms with Gasteiger partial charge in [-0.25, -0.2) is 0 Å². The van der Waals surface area contributed by atoms with Crippen molar-refractivity contribution in [2.24, 2.45) is 11.7 Å². The van der Waals surface area contributed by atoms with Crippen LogP contribution >= 0.6 is 11.3 Å². The van der Waals surface area contributed by atoms with Crippen molar-refractivity contribution in [3.05, 3.63) is 21.9 Å². The molecule has 0 saturated carbocycles. The Hall–Kier alpha value is -0.710. The average molecular weight is 252 g/mol. The van der Waals surface area contributed by atoms with Crippen LogP contribution in [0.1, 0.15) is 27.9 Å². The molecule has 4 heteroatoms. The van der Waals surface area contributed by atoms with Crippen LogP contribution in [0.25, 0.3) is 0 Å². The molecule has 1 aliphatic heterocycles. The number of ketones is 1. The number of thiophene rings is 1. The van der Waals surface area contributed by atoms with Gasteiger partial charge in [-0.15, -0.1) is 11.3 Å². The van der Waals surface area contributed by atoms with Crippen LogP contribution in [0.2, 0.25) is 0 Å². The zero-order chi connectivity index (χ0) is 12.3. The maximum atomic E-state index is 12.1. The van der Waals surface area contributed by atoms with Gasteiger partial charge < -0.3 is 5.73 Å². The first kappa shape index (κ1) is 12.7.